The summed E-state index contributed by atoms with van der Waals surface area (Å²) < 4.78 is 19.2. The van der Waals surface area contributed by atoms with Crippen LogP contribution in [0, 0.1) is 5.82 Å². The molecule has 0 amide bonds. The molecule has 17 heavy (non-hydrogen) atoms. The van der Waals surface area contributed by atoms with Crippen molar-refractivity contribution in [2.75, 3.05) is 13.2 Å². The number of rotatable bonds is 1. The second-order valence-electron chi connectivity index (χ2n) is 4.94. The minimum atomic E-state index is -0.135. The second kappa shape index (κ2) is 4.75. The maximum absolute atomic E-state index is 13.3. The summed E-state index contributed by atoms with van der Waals surface area (Å²) >= 11 is 0. The molecular weight excluding hydrogens is 217 g/mol. The fourth-order valence-electron chi connectivity index (χ4n) is 2.93. The van der Waals surface area contributed by atoms with E-state index < -0.39 is 0 Å². The fourth-order valence-corrected chi connectivity index (χ4v) is 2.93. The minimum absolute atomic E-state index is 0.107. The first-order valence-electron chi connectivity index (χ1n) is 6.48. The van der Waals surface area contributed by atoms with Gasteiger partial charge in [0.25, 0.3) is 0 Å². The standard InChI is InChI=1S/C14H18FNO/c15-11-5-6-12-10(9-11)3-2-8-17-14(12)13-4-1-7-16-13/h5-6,9,13-14,16H,1-4,7-8H2/t13-,14-/m1/s1. The molecule has 3 rings (SSSR count). The first-order chi connectivity index (χ1) is 8.34. The van der Waals surface area contributed by atoms with E-state index in [0.29, 0.717) is 6.04 Å². The van der Waals surface area contributed by atoms with E-state index >= 15 is 0 Å². The topological polar surface area (TPSA) is 21.3 Å². The molecule has 0 unspecified atom stereocenters. The first-order valence-corrected chi connectivity index (χ1v) is 6.48. The SMILES string of the molecule is Fc1ccc2c(c1)CCCO[C@H]2[C@H]1CCCN1. The molecule has 2 heterocycles. The van der Waals surface area contributed by atoms with Crippen molar-refractivity contribution in [3.05, 3.63) is 35.1 Å². The van der Waals surface area contributed by atoms with Gasteiger partial charge in [0.05, 0.1) is 6.10 Å². The molecule has 1 aromatic rings. The highest BCUT2D eigenvalue weighted by atomic mass is 19.1. The average Bonchev–Trinajstić information content (AvgIpc) is 2.77. The van der Waals surface area contributed by atoms with Crippen LogP contribution in [0.1, 0.15) is 36.5 Å². The number of aryl methyl sites for hydroxylation is 1. The third kappa shape index (κ3) is 2.22. The number of fused-ring (bicyclic) bond motifs is 1. The van der Waals surface area contributed by atoms with Crippen molar-refractivity contribution in [1.29, 1.82) is 0 Å². The molecule has 0 spiro atoms. The number of nitrogens with one attached hydrogen (secondary N) is 1. The summed E-state index contributed by atoms with van der Waals surface area (Å²) in [7, 11) is 0. The molecule has 2 aliphatic heterocycles. The van der Waals surface area contributed by atoms with Crippen molar-refractivity contribution in [1.82, 2.24) is 5.32 Å². The Kier molecular flexibility index (Phi) is 3.12. The van der Waals surface area contributed by atoms with Crippen LogP contribution in [0.2, 0.25) is 0 Å². The fraction of sp³-hybridized carbons (Fsp3) is 0.571. The molecule has 3 heteroatoms. The lowest BCUT2D eigenvalue weighted by Gasteiger charge is -2.24. The van der Waals surface area contributed by atoms with Crippen molar-refractivity contribution in [3.63, 3.8) is 0 Å². The molecule has 2 nitrogen and oxygen atoms in total. The molecular formula is C14H18FNO. The van der Waals surface area contributed by atoms with Gasteiger partial charge in [-0.1, -0.05) is 6.07 Å². The van der Waals surface area contributed by atoms with Gasteiger partial charge in [0.15, 0.2) is 0 Å². The molecule has 0 saturated carbocycles. The van der Waals surface area contributed by atoms with Gasteiger partial charge in [0.2, 0.25) is 0 Å². The van der Waals surface area contributed by atoms with Gasteiger partial charge in [0, 0.05) is 12.6 Å². The van der Waals surface area contributed by atoms with E-state index in [4.69, 9.17) is 4.74 Å². The van der Waals surface area contributed by atoms with Crippen LogP contribution >= 0.6 is 0 Å². The van der Waals surface area contributed by atoms with Gasteiger partial charge in [-0.25, -0.2) is 4.39 Å². The average molecular weight is 235 g/mol. The van der Waals surface area contributed by atoms with Crippen molar-refractivity contribution in [3.8, 4) is 0 Å². The Labute approximate surface area is 101 Å². The van der Waals surface area contributed by atoms with E-state index in [1.54, 1.807) is 12.1 Å². The van der Waals surface area contributed by atoms with Gasteiger partial charge < -0.3 is 10.1 Å². The van der Waals surface area contributed by atoms with Crippen LogP contribution in [-0.2, 0) is 11.2 Å². The first kappa shape index (κ1) is 11.2. The van der Waals surface area contributed by atoms with Gasteiger partial charge >= 0.3 is 0 Å². The lowest BCUT2D eigenvalue weighted by Crippen LogP contribution is -2.30. The Morgan fingerprint density at radius 3 is 3.06 bits per heavy atom. The summed E-state index contributed by atoms with van der Waals surface area (Å²) in [4.78, 5) is 0. The molecule has 0 radical (unpaired) electrons. The number of ether oxygens (including phenoxy) is 1. The number of hydrogen-bond acceptors (Lipinski definition) is 2. The molecule has 1 saturated heterocycles. The second-order valence-corrected chi connectivity index (χ2v) is 4.94. The zero-order chi connectivity index (χ0) is 11.7. The molecule has 92 valence electrons. The van der Waals surface area contributed by atoms with Crippen LogP contribution in [0.25, 0.3) is 0 Å². The summed E-state index contributed by atoms with van der Waals surface area (Å²) in [5.74, 6) is -0.135. The number of benzene rings is 1. The van der Waals surface area contributed by atoms with E-state index in [2.05, 4.69) is 5.32 Å². The van der Waals surface area contributed by atoms with Crippen molar-refractivity contribution in [2.24, 2.45) is 0 Å². The van der Waals surface area contributed by atoms with Gasteiger partial charge in [0.1, 0.15) is 5.82 Å². The predicted octanol–water partition coefficient (Wildman–Crippen LogP) is 2.58. The third-order valence-corrected chi connectivity index (χ3v) is 3.76. The van der Waals surface area contributed by atoms with Crippen molar-refractivity contribution < 1.29 is 9.13 Å². The Morgan fingerprint density at radius 1 is 1.29 bits per heavy atom. The molecule has 0 bridgehead atoms. The molecule has 2 aliphatic rings. The highest BCUT2D eigenvalue weighted by Crippen LogP contribution is 2.32. The maximum Gasteiger partial charge on any atom is 0.123 e. The van der Waals surface area contributed by atoms with E-state index in [1.807, 2.05) is 6.07 Å². The van der Waals surface area contributed by atoms with Crippen molar-refractivity contribution in [2.45, 2.75) is 37.8 Å². The predicted molar refractivity (Wildman–Crippen MR) is 64.4 cm³/mol. The molecule has 1 N–H and O–H groups in total. The van der Waals surface area contributed by atoms with Gasteiger partial charge in [-0.15, -0.1) is 0 Å². The molecule has 1 aromatic carbocycles. The normalized spacial score (nSPS) is 28.8. The van der Waals surface area contributed by atoms with Gasteiger partial charge in [-0.2, -0.15) is 0 Å². The lowest BCUT2D eigenvalue weighted by atomic mass is 9.95. The van der Waals surface area contributed by atoms with Crippen LogP contribution in [0.4, 0.5) is 4.39 Å². The van der Waals surface area contributed by atoms with E-state index in [9.17, 15) is 4.39 Å². The molecule has 2 atom stereocenters. The largest absolute Gasteiger partial charge is 0.372 e. The minimum Gasteiger partial charge on any atom is -0.372 e. The smallest absolute Gasteiger partial charge is 0.123 e. The monoisotopic (exact) mass is 235 g/mol. The zero-order valence-electron chi connectivity index (χ0n) is 9.92. The molecule has 1 fully saturated rings. The maximum atomic E-state index is 13.3. The van der Waals surface area contributed by atoms with E-state index in [-0.39, 0.29) is 11.9 Å². The summed E-state index contributed by atoms with van der Waals surface area (Å²) in [6, 6.07) is 5.53. The quantitative estimate of drug-likeness (QED) is 0.807. The Morgan fingerprint density at radius 2 is 2.24 bits per heavy atom. The van der Waals surface area contributed by atoms with Gasteiger partial charge in [-0.3, -0.25) is 0 Å². The van der Waals surface area contributed by atoms with Crippen LogP contribution in [0.15, 0.2) is 18.2 Å². The number of hydrogen-bond donors (Lipinski definition) is 1. The van der Waals surface area contributed by atoms with Crippen molar-refractivity contribution >= 4 is 0 Å². The zero-order valence-corrected chi connectivity index (χ0v) is 9.92. The summed E-state index contributed by atoms with van der Waals surface area (Å²) in [5.41, 5.74) is 2.31. The Bertz CT molecular complexity index is 401. The number of halogens is 1. The van der Waals surface area contributed by atoms with Crippen LogP contribution < -0.4 is 5.32 Å². The summed E-state index contributed by atoms with van der Waals surface area (Å²) in [6.45, 7) is 1.85. The highest BCUT2D eigenvalue weighted by molar-refractivity contribution is 5.32. The Balaban J connectivity index is 1.94. The van der Waals surface area contributed by atoms with Crippen LogP contribution in [0.3, 0.4) is 0 Å². The van der Waals surface area contributed by atoms with E-state index in [0.717, 1.165) is 38.0 Å². The highest BCUT2D eigenvalue weighted by Gasteiger charge is 2.29. The summed E-state index contributed by atoms with van der Waals surface area (Å²) in [5, 5.41) is 3.49. The molecule has 0 aromatic heterocycles. The lowest BCUT2D eigenvalue weighted by molar-refractivity contribution is 0.0333. The molecule has 0 aliphatic carbocycles. The Hall–Kier alpha value is -0.930. The van der Waals surface area contributed by atoms with Crippen LogP contribution in [0.5, 0.6) is 0 Å². The summed E-state index contributed by atoms with van der Waals surface area (Å²) in [6.07, 6.45) is 4.38. The van der Waals surface area contributed by atoms with Gasteiger partial charge in [-0.05, 0) is 55.5 Å². The van der Waals surface area contributed by atoms with E-state index in [1.165, 1.54) is 12.0 Å². The third-order valence-electron chi connectivity index (χ3n) is 3.76. The van der Waals surface area contributed by atoms with Crippen LogP contribution in [-0.4, -0.2) is 19.2 Å².